The maximum atomic E-state index is 14.1. The Kier molecular flexibility index (Phi) is 11.1. The van der Waals surface area contributed by atoms with Crippen molar-refractivity contribution in [1.29, 1.82) is 0 Å². The number of benzene rings is 3. The highest BCUT2D eigenvalue weighted by Gasteiger charge is 2.39. The molecule has 3 aromatic carbocycles. The van der Waals surface area contributed by atoms with Crippen LogP contribution in [0.2, 0.25) is 6.04 Å². The van der Waals surface area contributed by atoms with Crippen molar-refractivity contribution >= 4 is 18.7 Å². The van der Waals surface area contributed by atoms with Crippen molar-refractivity contribution < 1.29 is 8.82 Å². The van der Waals surface area contributed by atoms with E-state index >= 15 is 0 Å². The zero-order valence-corrected chi connectivity index (χ0v) is 26.6. The fourth-order valence-electron chi connectivity index (χ4n) is 5.98. The molecule has 0 atom stereocenters. The van der Waals surface area contributed by atoms with Crippen molar-refractivity contribution in [3.8, 4) is 11.1 Å². The van der Waals surface area contributed by atoms with Gasteiger partial charge in [0.05, 0.1) is 6.61 Å². The first kappa shape index (κ1) is 30.9. The van der Waals surface area contributed by atoms with Crippen molar-refractivity contribution in [2.24, 2.45) is 0 Å². The number of nitrogens with zero attached hydrogens (tertiary/aromatic N) is 1. The maximum absolute atomic E-state index is 14.1. The van der Waals surface area contributed by atoms with Gasteiger partial charge in [-0.2, -0.15) is 0 Å². The molecule has 1 heterocycles. The fraction of sp³-hybridized carbons (Fsp3) is 0.378. The van der Waals surface area contributed by atoms with E-state index in [0.717, 1.165) is 60.7 Å². The minimum absolute atomic E-state index is 0.215. The highest BCUT2D eigenvalue weighted by molar-refractivity contribution is 6.97. The molecule has 0 fully saturated rings. The van der Waals surface area contributed by atoms with Crippen molar-refractivity contribution in [2.75, 3.05) is 0 Å². The number of pyridine rings is 1. The Hall–Kier alpha value is -3.08. The monoisotopic (exact) mass is 567 g/mol. The summed E-state index contributed by atoms with van der Waals surface area (Å²) in [6.45, 7) is 11.5. The number of halogens is 1. The Labute approximate surface area is 248 Å². The van der Waals surface area contributed by atoms with Crippen LogP contribution >= 0.6 is 0 Å². The van der Waals surface area contributed by atoms with Gasteiger partial charge in [0.2, 0.25) is 0 Å². The Morgan fingerprint density at radius 2 is 1.34 bits per heavy atom. The van der Waals surface area contributed by atoms with Crippen LogP contribution in [0.15, 0.2) is 84.9 Å². The molecular weight excluding hydrogens is 521 g/mol. The fourth-order valence-corrected chi connectivity index (χ4v) is 10.1. The largest absolute Gasteiger partial charge is 0.404 e. The first-order valence-electron chi connectivity index (χ1n) is 15.4. The van der Waals surface area contributed by atoms with Gasteiger partial charge in [0.1, 0.15) is 5.82 Å². The Morgan fingerprint density at radius 3 is 1.88 bits per heavy atom. The molecule has 0 bridgehead atoms. The van der Waals surface area contributed by atoms with Gasteiger partial charge in [-0.05, 0) is 70.9 Å². The van der Waals surface area contributed by atoms with Crippen LogP contribution in [0.4, 0.5) is 4.39 Å². The molecule has 0 unspecified atom stereocenters. The summed E-state index contributed by atoms with van der Waals surface area (Å²) in [6.07, 6.45) is 6.63. The van der Waals surface area contributed by atoms with E-state index < -0.39 is 8.32 Å². The summed E-state index contributed by atoms with van der Waals surface area (Å²) in [4.78, 5) is 5.22. The first-order chi connectivity index (χ1) is 19.9. The summed E-state index contributed by atoms with van der Waals surface area (Å²) in [7, 11) is -2.59. The lowest BCUT2D eigenvalue weighted by atomic mass is 9.88. The minimum Gasteiger partial charge on any atom is -0.404 e. The van der Waals surface area contributed by atoms with Crippen molar-refractivity contribution in [2.45, 2.75) is 91.7 Å². The van der Waals surface area contributed by atoms with Gasteiger partial charge in [0, 0.05) is 17.0 Å². The van der Waals surface area contributed by atoms with Crippen LogP contribution in [0, 0.1) is 12.7 Å². The van der Waals surface area contributed by atoms with E-state index in [1.807, 2.05) is 12.1 Å². The average Bonchev–Trinajstić information content (AvgIpc) is 3.00. The third kappa shape index (κ3) is 7.23. The predicted octanol–water partition coefficient (Wildman–Crippen LogP) is 9.13. The molecule has 0 aliphatic heterocycles. The van der Waals surface area contributed by atoms with E-state index in [1.54, 1.807) is 12.1 Å². The van der Waals surface area contributed by atoms with E-state index in [2.05, 4.69) is 95.3 Å². The average molecular weight is 568 g/mol. The summed E-state index contributed by atoms with van der Waals surface area (Å²) < 4.78 is 21.5. The molecule has 4 heteroatoms. The summed E-state index contributed by atoms with van der Waals surface area (Å²) in [5.41, 5.74) is 6.83. The van der Waals surface area contributed by atoms with Gasteiger partial charge in [0.15, 0.2) is 0 Å². The molecular formula is C37H46FNOSi. The summed E-state index contributed by atoms with van der Waals surface area (Å²) >= 11 is 0. The quantitative estimate of drug-likeness (QED) is 0.112. The molecule has 1 aromatic heterocycles. The highest BCUT2D eigenvalue weighted by atomic mass is 28.4. The Balaban J connectivity index is 1.92. The van der Waals surface area contributed by atoms with Crippen LogP contribution < -0.4 is 10.4 Å². The van der Waals surface area contributed by atoms with Gasteiger partial charge in [-0.15, -0.1) is 0 Å². The topological polar surface area (TPSA) is 22.1 Å². The Morgan fingerprint density at radius 1 is 0.756 bits per heavy atom. The zero-order valence-electron chi connectivity index (χ0n) is 25.6. The van der Waals surface area contributed by atoms with Gasteiger partial charge in [0.25, 0.3) is 8.32 Å². The Bertz CT molecular complexity index is 1330. The predicted molar refractivity (Wildman–Crippen MR) is 174 cm³/mol. The molecule has 41 heavy (non-hydrogen) atoms. The smallest absolute Gasteiger partial charge is 0.256 e. The van der Waals surface area contributed by atoms with E-state index in [-0.39, 0.29) is 11.7 Å². The summed E-state index contributed by atoms with van der Waals surface area (Å²) in [5.74, 6) is 0.0180. The second kappa shape index (κ2) is 14.7. The lowest BCUT2D eigenvalue weighted by molar-refractivity contribution is 0.300. The molecule has 0 N–H and O–H groups in total. The molecule has 216 valence electrons. The van der Waals surface area contributed by atoms with Crippen LogP contribution in [-0.4, -0.2) is 13.3 Å². The number of hydrogen-bond acceptors (Lipinski definition) is 2. The van der Waals surface area contributed by atoms with Crippen molar-refractivity contribution in [3.63, 3.8) is 0 Å². The SMILES string of the molecule is CCCCCc1c(C)nc(C(C)C)c(CO[Si](CCCC)(c2ccccc2)c2ccccc2)c1-c1ccc(F)cc1. The molecule has 4 rings (SSSR count). The molecule has 0 saturated carbocycles. The number of unbranched alkanes of at least 4 members (excludes halogenated alkanes) is 3. The second-order valence-corrected chi connectivity index (χ2v) is 15.1. The summed E-state index contributed by atoms with van der Waals surface area (Å²) in [5, 5.41) is 2.61. The van der Waals surface area contributed by atoms with Gasteiger partial charge in [-0.3, -0.25) is 4.98 Å². The number of aryl methyl sites for hydroxylation is 1. The van der Waals surface area contributed by atoms with Gasteiger partial charge in [-0.1, -0.05) is 126 Å². The maximum Gasteiger partial charge on any atom is 0.256 e. The summed E-state index contributed by atoms with van der Waals surface area (Å²) in [6, 6.07) is 29.8. The van der Waals surface area contributed by atoms with Gasteiger partial charge in [-0.25, -0.2) is 4.39 Å². The molecule has 4 aromatic rings. The van der Waals surface area contributed by atoms with Crippen LogP contribution in [0.1, 0.15) is 88.2 Å². The standard InChI is InChI=1S/C37H46FNOSi/c1-6-8-12-21-34-29(5)39-37(28(3)4)35(36(34)30-22-24-31(38)25-23-30)27-40-41(26-9-7-2,32-17-13-10-14-18-32)33-19-15-11-16-20-33/h10-11,13-20,22-25,28H,6-9,12,21,26-27H2,1-5H3. The van der Waals surface area contributed by atoms with Crippen molar-refractivity contribution in [3.05, 3.63) is 113 Å². The molecule has 0 radical (unpaired) electrons. The number of rotatable bonds is 14. The molecule has 0 amide bonds. The van der Waals surface area contributed by atoms with E-state index in [1.165, 1.54) is 27.9 Å². The highest BCUT2D eigenvalue weighted by Crippen LogP contribution is 2.36. The first-order valence-corrected chi connectivity index (χ1v) is 17.6. The van der Waals surface area contributed by atoms with E-state index in [4.69, 9.17) is 9.41 Å². The van der Waals surface area contributed by atoms with Crippen LogP contribution in [-0.2, 0) is 17.5 Å². The van der Waals surface area contributed by atoms with Gasteiger partial charge >= 0.3 is 0 Å². The molecule has 2 nitrogen and oxygen atoms in total. The second-order valence-electron chi connectivity index (χ2n) is 11.5. The zero-order chi connectivity index (χ0) is 29.2. The van der Waals surface area contributed by atoms with Crippen LogP contribution in [0.5, 0.6) is 0 Å². The molecule has 0 aliphatic rings. The van der Waals surface area contributed by atoms with Crippen LogP contribution in [0.3, 0.4) is 0 Å². The lowest BCUT2D eigenvalue weighted by Crippen LogP contribution is -2.60. The van der Waals surface area contributed by atoms with Crippen molar-refractivity contribution in [1.82, 2.24) is 4.98 Å². The third-order valence-corrected chi connectivity index (χ3v) is 12.4. The number of aromatic nitrogens is 1. The minimum atomic E-state index is -2.59. The van der Waals surface area contributed by atoms with Crippen LogP contribution in [0.25, 0.3) is 11.1 Å². The molecule has 0 spiro atoms. The van der Waals surface area contributed by atoms with E-state index in [0.29, 0.717) is 6.61 Å². The lowest BCUT2D eigenvalue weighted by Gasteiger charge is -2.34. The van der Waals surface area contributed by atoms with Gasteiger partial charge < -0.3 is 4.43 Å². The molecule has 0 saturated heterocycles. The third-order valence-electron chi connectivity index (χ3n) is 8.17. The molecule has 0 aliphatic carbocycles. The number of hydrogen-bond donors (Lipinski definition) is 0. The van der Waals surface area contributed by atoms with E-state index in [9.17, 15) is 4.39 Å². The normalized spacial score (nSPS) is 11.8.